The molecule has 0 aliphatic carbocycles. The van der Waals surface area contributed by atoms with E-state index >= 15 is 0 Å². The highest BCUT2D eigenvalue weighted by Crippen LogP contribution is 1.78. The van der Waals surface area contributed by atoms with Gasteiger partial charge in [-0.15, -0.1) is 0 Å². The highest BCUT2D eigenvalue weighted by Gasteiger charge is 1.97. The summed E-state index contributed by atoms with van der Waals surface area (Å²) in [5, 5.41) is 10.4. The van der Waals surface area contributed by atoms with Crippen molar-refractivity contribution >= 4 is 12.2 Å². The van der Waals surface area contributed by atoms with Crippen LogP contribution in [0.4, 0.5) is 0 Å². The van der Waals surface area contributed by atoms with Crippen molar-refractivity contribution in [2.75, 3.05) is 27.2 Å². The van der Waals surface area contributed by atoms with Gasteiger partial charge >= 0.3 is 5.97 Å². The molecule has 0 amide bonds. The van der Waals surface area contributed by atoms with Gasteiger partial charge < -0.3 is 14.8 Å². The summed E-state index contributed by atoms with van der Waals surface area (Å²) in [5.74, 6) is -0.630. The third kappa shape index (κ3) is 6.79. The molecule has 0 saturated carbocycles. The van der Waals surface area contributed by atoms with E-state index in [0.717, 1.165) is 6.21 Å². The van der Waals surface area contributed by atoms with E-state index in [4.69, 9.17) is 5.21 Å². The van der Waals surface area contributed by atoms with E-state index in [1.54, 1.807) is 0 Å². The predicted molar refractivity (Wildman–Crippen MR) is 39.8 cm³/mol. The van der Waals surface area contributed by atoms with Crippen LogP contribution >= 0.6 is 0 Å². The minimum absolute atomic E-state index is 0.303. The van der Waals surface area contributed by atoms with Crippen molar-refractivity contribution < 1.29 is 14.7 Å². The summed E-state index contributed by atoms with van der Waals surface area (Å²) in [7, 11) is 3.74. The minimum atomic E-state index is -0.630. The minimum Gasteiger partial charge on any atom is -0.460 e. The largest absolute Gasteiger partial charge is 0.460 e. The molecule has 5 heteroatoms. The zero-order valence-electron chi connectivity index (χ0n) is 6.65. The number of oxime groups is 1. The van der Waals surface area contributed by atoms with Crippen LogP contribution in [0.3, 0.4) is 0 Å². The van der Waals surface area contributed by atoms with Crippen LogP contribution in [-0.4, -0.2) is 49.5 Å². The molecule has 11 heavy (non-hydrogen) atoms. The Hall–Kier alpha value is -1.10. The third-order valence-electron chi connectivity index (χ3n) is 0.946. The van der Waals surface area contributed by atoms with Crippen LogP contribution in [0.2, 0.25) is 0 Å². The molecule has 5 nitrogen and oxygen atoms in total. The number of esters is 1. The van der Waals surface area contributed by atoms with Crippen LogP contribution < -0.4 is 0 Å². The molecule has 0 atom stereocenters. The Bertz CT molecular complexity index is 145. The van der Waals surface area contributed by atoms with Crippen LogP contribution in [0.25, 0.3) is 0 Å². The molecule has 0 rings (SSSR count). The second kappa shape index (κ2) is 5.67. The first-order chi connectivity index (χ1) is 5.16. The van der Waals surface area contributed by atoms with Crippen LogP contribution in [0.15, 0.2) is 5.16 Å². The van der Waals surface area contributed by atoms with Gasteiger partial charge in [-0.05, 0) is 14.1 Å². The molecule has 0 radical (unpaired) electrons. The second-order valence-electron chi connectivity index (χ2n) is 2.22. The Morgan fingerprint density at radius 3 is 2.82 bits per heavy atom. The number of carbonyl (C=O) groups excluding carboxylic acids is 1. The maximum Gasteiger partial charge on any atom is 0.352 e. The summed E-state index contributed by atoms with van der Waals surface area (Å²) in [6, 6.07) is 0. The molecule has 0 bridgehead atoms. The van der Waals surface area contributed by atoms with Gasteiger partial charge in [-0.3, -0.25) is 0 Å². The summed E-state index contributed by atoms with van der Waals surface area (Å²) in [6.45, 7) is 0.961. The summed E-state index contributed by atoms with van der Waals surface area (Å²) < 4.78 is 4.60. The summed E-state index contributed by atoms with van der Waals surface area (Å²) in [6.07, 6.45) is 0.718. The zero-order chi connectivity index (χ0) is 8.69. The lowest BCUT2D eigenvalue weighted by Crippen LogP contribution is -2.20. The van der Waals surface area contributed by atoms with Crippen LogP contribution in [0.5, 0.6) is 0 Å². The fourth-order valence-electron chi connectivity index (χ4n) is 0.413. The van der Waals surface area contributed by atoms with Crippen molar-refractivity contribution in [3.63, 3.8) is 0 Å². The van der Waals surface area contributed by atoms with E-state index in [-0.39, 0.29) is 0 Å². The van der Waals surface area contributed by atoms with Gasteiger partial charge in [0.25, 0.3) is 0 Å². The van der Waals surface area contributed by atoms with Gasteiger partial charge in [0.1, 0.15) is 6.61 Å². The van der Waals surface area contributed by atoms with E-state index in [2.05, 4.69) is 9.89 Å². The van der Waals surface area contributed by atoms with Crippen LogP contribution in [0, 0.1) is 0 Å². The van der Waals surface area contributed by atoms with E-state index in [1.807, 2.05) is 19.0 Å². The lowest BCUT2D eigenvalue weighted by molar-refractivity contribution is -0.135. The molecule has 0 aliphatic rings. The van der Waals surface area contributed by atoms with Crippen molar-refractivity contribution in [2.45, 2.75) is 0 Å². The number of rotatable bonds is 4. The Balaban J connectivity index is 3.32. The lowest BCUT2D eigenvalue weighted by atomic mass is 10.6. The molecule has 0 spiro atoms. The molecule has 1 N–H and O–H groups in total. The predicted octanol–water partition coefficient (Wildman–Crippen LogP) is -0.449. The van der Waals surface area contributed by atoms with E-state index < -0.39 is 5.97 Å². The number of nitrogens with zero attached hydrogens (tertiary/aromatic N) is 2. The molecule has 0 heterocycles. The zero-order valence-corrected chi connectivity index (χ0v) is 6.65. The van der Waals surface area contributed by atoms with Gasteiger partial charge in [0.05, 0.1) is 0 Å². The van der Waals surface area contributed by atoms with Gasteiger partial charge in [0.2, 0.25) is 0 Å². The van der Waals surface area contributed by atoms with E-state index in [0.29, 0.717) is 13.2 Å². The molecular formula is C6H12N2O3. The quantitative estimate of drug-likeness (QED) is 0.262. The molecule has 0 fully saturated rings. The number of hydrogen-bond acceptors (Lipinski definition) is 5. The van der Waals surface area contributed by atoms with Crippen molar-refractivity contribution in [3.8, 4) is 0 Å². The first-order valence-electron chi connectivity index (χ1n) is 3.15. The first-order valence-corrected chi connectivity index (χ1v) is 3.15. The van der Waals surface area contributed by atoms with Crippen LogP contribution in [-0.2, 0) is 9.53 Å². The van der Waals surface area contributed by atoms with Crippen molar-refractivity contribution in [2.24, 2.45) is 5.16 Å². The normalized spacial score (nSPS) is 10.8. The highest BCUT2D eigenvalue weighted by molar-refractivity contribution is 6.22. The maximum absolute atomic E-state index is 10.5. The fourth-order valence-corrected chi connectivity index (χ4v) is 0.413. The van der Waals surface area contributed by atoms with E-state index in [1.165, 1.54) is 0 Å². The molecule has 0 saturated heterocycles. The standard InChI is InChI=1S/C6H12N2O3/c1-8(2)3-4-11-6(9)5-7-10/h5,10H,3-4H2,1-2H3/b7-5+. The molecular weight excluding hydrogens is 148 g/mol. The Kier molecular flexibility index (Phi) is 5.10. The van der Waals surface area contributed by atoms with Gasteiger partial charge in [-0.25, -0.2) is 4.79 Å². The molecule has 0 aromatic carbocycles. The Labute approximate surface area is 65.2 Å². The van der Waals surface area contributed by atoms with Crippen LogP contribution in [0.1, 0.15) is 0 Å². The number of carbonyl (C=O) groups is 1. The summed E-state index contributed by atoms with van der Waals surface area (Å²) >= 11 is 0. The summed E-state index contributed by atoms with van der Waals surface area (Å²) in [5.41, 5.74) is 0. The van der Waals surface area contributed by atoms with Gasteiger partial charge in [-0.1, -0.05) is 5.16 Å². The number of ether oxygens (including phenoxy) is 1. The molecule has 0 aromatic rings. The Morgan fingerprint density at radius 1 is 1.73 bits per heavy atom. The van der Waals surface area contributed by atoms with E-state index in [9.17, 15) is 4.79 Å². The Morgan fingerprint density at radius 2 is 2.36 bits per heavy atom. The maximum atomic E-state index is 10.5. The summed E-state index contributed by atoms with van der Waals surface area (Å²) in [4.78, 5) is 12.4. The monoisotopic (exact) mass is 160 g/mol. The lowest BCUT2D eigenvalue weighted by Gasteiger charge is -2.07. The molecule has 0 aromatic heterocycles. The molecule has 64 valence electrons. The van der Waals surface area contributed by atoms with Gasteiger partial charge in [0, 0.05) is 6.54 Å². The topological polar surface area (TPSA) is 62.1 Å². The average molecular weight is 160 g/mol. The van der Waals surface area contributed by atoms with Crippen molar-refractivity contribution in [1.82, 2.24) is 4.90 Å². The molecule has 0 unspecified atom stereocenters. The smallest absolute Gasteiger partial charge is 0.352 e. The number of hydrogen-bond donors (Lipinski definition) is 1. The van der Waals surface area contributed by atoms with Gasteiger partial charge in [0.15, 0.2) is 6.21 Å². The SMILES string of the molecule is CN(C)CCOC(=O)/C=N/O. The van der Waals surface area contributed by atoms with Gasteiger partial charge in [-0.2, -0.15) is 0 Å². The fraction of sp³-hybridized carbons (Fsp3) is 0.667. The first kappa shape index (κ1) is 9.90. The van der Waals surface area contributed by atoms with Crippen molar-refractivity contribution in [3.05, 3.63) is 0 Å². The second-order valence-corrected chi connectivity index (χ2v) is 2.22. The van der Waals surface area contributed by atoms with Crippen molar-refractivity contribution in [1.29, 1.82) is 0 Å². The average Bonchev–Trinajstić information content (AvgIpc) is 1.87. The molecule has 0 aliphatic heterocycles. The number of likely N-dealkylation sites (N-methyl/N-ethyl adjacent to an activating group) is 1. The highest BCUT2D eigenvalue weighted by atomic mass is 16.5. The third-order valence-corrected chi connectivity index (χ3v) is 0.946.